The molecule has 0 bridgehead atoms. The quantitative estimate of drug-likeness (QED) is 0.707. The number of benzene rings is 2. The van der Waals surface area contributed by atoms with Crippen molar-refractivity contribution in [3.63, 3.8) is 0 Å². The Balaban J connectivity index is 1.68. The highest BCUT2D eigenvalue weighted by molar-refractivity contribution is 5.99. The summed E-state index contributed by atoms with van der Waals surface area (Å²) in [7, 11) is 0. The molecule has 1 amide bonds. The van der Waals surface area contributed by atoms with E-state index >= 15 is 0 Å². The van der Waals surface area contributed by atoms with Crippen LogP contribution in [0.2, 0.25) is 0 Å². The van der Waals surface area contributed by atoms with Gasteiger partial charge < -0.3 is 9.42 Å². The van der Waals surface area contributed by atoms with Gasteiger partial charge in [-0.05, 0) is 43.7 Å². The summed E-state index contributed by atoms with van der Waals surface area (Å²) in [6.07, 6.45) is 0. The topological polar surface area (TPSA) is 46.3 Å². The van der Waals surface area contributed by atoms with Crippen molar-refractivity contribution in [2.45, 2.75) is 26.4 Å². The SMILES string of the molecule is CC(C)N1Cc2cc(-c3cc(-c4ccccc4F)no3)ccc2C1=O. The van der Waals surface area contributed by atoms with E-state index in [0.29, 0.717) is 23.6 Å². The summed E-state index contributed by atoms with van der Waals surface area (Å²) in [6, 6.07) is 13.9. The van der Waals surface area contributed by atoms with Gasteiger partial charge in [-0.3, -0.25) is 4.79 Å². The molecule has 5 heteroatoms. The van der Waals surface area contributed by atoms with Crippen LogP contribution in [0.25, 0.3) is 22.6 Å². The molecule has 0 aliphatic carbocycles. The number of halogens is 1. The number of aromatic nitrogens is 1. The van der Waals surface area contributed by atoms with Crippen LogP contribution in [0.15, 0.2) is 53.1 Å². The molecule has 0 unspecified atom stereocenters. The van der Waals surface area contributed by atoms with Gasteiger partial charge >= 0.3 is 0 Å². The maximum atomic E-state index is 13.9. The number of fused-ring (bicyclic) bond motifs is 1. The zero-order valence-electron chi connectivity index (χ0n) is 14.0. The van der Waals surface area contributed by atoms with Crippen LogP contribution in [0.4, 0.5) is 4.39 Å². The third kappa shape index (κ3) is 2.61. The lowest BCUT2D eigenvalue weighted by Gasteiger charge is -2.19. The number of amides is 1. The fraction of sp³-hybridized carbons (Fsp3) is 0.200. The van der Waals surface area contributed by atoms with Crippen molar-refractivity contribution in [3.8, 4) is 22.6 Å². The van der Waals surface area contributed by atoms with Crippen LogP contribution >= 0.6 is 0 Å². The first kappa shape index (κ1) is 15.6. The van der Waals surface area contributed by atoms with Gasteiger partial charge in [0.05, 0.1) is 0 Å². The van der Waals surface area contributed by atoms with Crippen LogP contribution in [-0.4, -0.2) is 22.0 Å². The average Bonchev–Trinajstić information content (AvgIpc) is 3.20. The zero-order valence-corrected chi connectivity index (χ0v) is 14.0. The van der Waals surface area contributed by atoms with Crippen molar-refractivity contribution in [2.24, 2.45) is 0 Å². The number of hydrogen-bond acceptors (Lipinski definition) is 3. The van der Waals surface area contributed by atoms with Crippen LogP contribution in [0.3, 0.4) is 0 Å². The lowest BCUT2D eigenvalue weighted by molar-refractivity contribution is 0.0730. The van der Waals surface area contributed by atoms with E-state index < -0.39 is 0 Å². The van der Waals surface area contributed by atoms with Crippen molar-refractivity contribution in [2.75, 3.05) is 0 Å². The molecule has 2 aromatic carbocycles. The lowest BCUT2D eigenvalue weighted by Crippen LogP contribution is -2.30. The summed E-state index contributed by atoms with van der Waals surface area (Å²) < 4.78 is 19.3. The van der Waals surface area contributed by atoms with Gasteiger partial charge in [-0.1, -0.05) is 23.4 Å². The van der Waals surface area contributed by atoms with Crippen molar-refractivity contribution in [3.05, 3.63) is 65.5 Å². The molecule has 0 N–H and O–H groups in total. The van der Waals surface area contributed by atoms with Crippen LogP contribution in [0, 0.1) is 5.82 Å². The number of hydrogen-bond donors (Lipinski definition) is 0. The average molecular weight is 336 g/mol. The van der Waals surface area contributed by atoms with Crippen LogP contribution in [-0.2, 0) is 6.54 Å². The lowest BCUT2D eigenvalue weighted by atomic mass is 10.0. The Morgan fingerprint density at radius 1 is 1.12 bits per heavy atom. The van der Waals surface area contributed by atoms with Gasteiger partial charge in [0.25, 0.3) is 5.91 Å². The molecule has 0 saturated heterocycles. The maximum absolute atomic E-state index is 13.9. The molecule has 1 aliphatic rings. The van der Waals surface area contributed by atoms with E-state index in [1.165, 1.54) is 6.07 Å². The molecule has 4 nitrogen and oxygen atoms in total. The van der Waals surface area contributed by atoms with Crippen LogP contribution in [0.5, 0.6) is 0 Å². The molecule has 0 atom stereocenters. The highest BCUT2D eigenvalue weighted by Gasteiger charge is 2.29. The minimum Gasteiger partial charge on any atom is -0.356 e. The van der Waals surface area contributed by atoms with Gasteiger partial charge in [0.1, 0.15) is 11.5 Å². The number of carbonyl (C=O) groups excluding carboxylic acids is 1. The van der Waals surface area contributed by atoms with Gasteiger partial charge in [-0.15, -0.1) is 0 Å². The summed E-state index contributed by atoms with van der Waals surface area (Å²) >= 11 is 0. The van der Waals surface area contributed by atoms with E-state index in [-0.39, 0.29) is 17.8 Å². The van der Waals surface area contributed by atoms with Crippen molar-refractivity contribution >= 4 is 5.91 Å². The first-order chi connectivity index (χ1) is 12.0. The second-order valence-corrected chi connectivity index (χ2v) is 6.45. The molecule has 1 aliphatic heterocycles. The zero-order chi connectivity index (χ0) is 17.6. The molecular weight excluding hydrogens is 319 g/mol. The first-order valence-corrected chi connectivity index (χ1v) is 8.20. The predicted molar refractivity (Wildman–Crippen MR) is 92.3 cm³/mol. The second kappa shape index (κ2) is 5.84. The maximum Gasteiger partial charge on any atom is 0.254 e. The fourth-order valence-electron chi connectivity index (χ4n) is 3.12. The molecule has 0 spiro atoms. The molecule has 4 rings (SSSR count). The second-order valence-electron chi connectivity index (χ2n) is 6.45. The minimum absolute atomic E-state index is 0.0566. The molecule has 0 saturated carbocycles. The molecule has 126 valence electrons. The smallest absolute Gasteiger partial charge is 0.254 e. The minimum atomic E-state index is -0.338. The number of rotatable bonds is 3. The monoisotopic (exact) mass is 336 g/mol. The summed E-state index contributed by atoms with van der Waals surface area (Å²) in [5.74, 6) is 0.270. The molecule has 0 fully saturated rings. The van der Waals surface area contributed by atoms with E-state index in [2.05, 4.69) is 5.16 Å². The van der Waals surface area contributed by atoms with Crippen LogP contribution < -0.4 is 0 Å². The highest BCUT2D eigenvalue weighted by atomic mass is 19.1. The van der Waals surface area contributed by atoms with Gasteiger partial charge in [0, 0.05) is 35.3 Å². The Morgan fingerprint density at radius 3 is 2.68 bits per heavy atom. The fourth-order valence-corrected chi connectivity index (χ4v) is 3.12. The van der Waals surface area contributed by atoms with E-state index in [9.17, 15) is 9.18 Å². The molecule has 0 radical (unpaired) electrons. The summed E-state index contributed by atoms with van der Waals surface area (Å²) in [5.41, 5.74) is 3.38. The van der Waals surface area contributed by atoms with Gasteiger partial charge in [0.15, 0.2) is 5.76 Å². The van der Waals surface area contributed by atoms with E-state index in [1.54, 1.807) is 24.3 Å². The molecule has 3 aromatic rings. The normalized spacial score (nSPS) is 13.6. The third-order valence-corrected chi connectivity index (χ3v) is 4.51. The molecular formula is C20H17FN2O2. The van der Waals surface area contributed by atoms with Crippen molar-refractivity contribution in [1.29, 1.82) is 0 Å². The Morgan fingerprint density at radius 2 is 1.92 bits per heavy atom. The number of nitrogens with zero attached hydrogens (tertiary/aromatic N) is 2. The Bertz CT molecular complexity index is 962. The summed E-state index contributed by atoms with van der Waals surface area (Å²) in [5, 5.41) is 3.98. The Kier molecular flexibility index (Phi) is 3.64. The van der Waals surface area contributed by atoms with Gasteiger partial charge in [-0.2, -0.15) is 0 Å². The standard InChI is InChI=1S/C20H17FN2O2/c1-12(2)23-11-14-9-13(7-8-15(14)20(23)24)19-10-18(22-25-19)16-5-3-4-6-17(16)21/h3-10,12H,11H2,1-2H3. The Hall–Kier alpha value is -2.95. The van der Waals surface area contributed by atoms with Gasteiger partial charge in [0.2, 0.25) is 0 Å². The van der Waals surface area contributed by atoms with Crippen molar-refractivity contribution in [1.82, 2.24) is 10.1 Å². The molecule has 1 aromatic heterocycles. The van der Waals surface area contributed by atoms with E-state index in [0.717, 1.165) is 16.7 Å². The largest absolute Gasteiger partial charge is 0.356 e. The molecule has 25 heavy (non-hydrogen) atoms. The Labute approximate surface area is 144 Å². The van der Waals surface area contributed by atoms with Crippen LogP contribution in [0.1, 0.15) is 29.8 Å². The first-order valence-electron chi connectivity index (χ1n) is 8.20. The summed E-state index contributed by atoms with van der Waals surface area (Å²) in [6.45, 7) is 4.59. The number of carbonyl (C=O) groups is 1. The van der Waals surface area contributed by atoms with E-state index in [1.807, 2.05) is 36.9 Å². The van der Waals surface area contributed by atoms with E-state index in [4.69, 9.17) is 4.52 Å². The van der Waals surface area contributed by atoms with Crippen molar-refractivity contribution < 1.29 is 13.7 Å². The highest BCUT2D eigenvalue weighted by Crippen LogP contribution is 2.32. The van der Waals surface area contributed by atoms with Gasteiger partial charge in [-0.25, -0.2) is 4.39 Å². The predicted octanol–water partition coefficient (Wildman–Crippen LogP) is 4.51. The molecule has 2 heterocycles. The summed E-state index contributed by atoms with van der Waals surface area (Å²) in [4.78, 5) is 14.2. The third-order valence-electron chi connectivity index (χ3n) is 4.51.